The topological polar surface area (TPSA) is 81.5 Å². The van der Waals surface area contributed by atoms with Crippen molar-refractivity contribution in [2.24, 2.45) is 0 Å². The second kappa shape index (κ2) is 16.3. The van der Waals surface area contributed by atoms with Gasteiger partial charge in [0.15, 0.2) is 11.5 Å². The lowest BCUT2D eigenvalue weighted by molar-refractivity contribution is 0.0734. The first kappa shape index (κ1) is 37.1. The van der Waals surface area contributed by atoms with Gasteiger partial charge in [-0.15, -0.1) is 0 Å². The number of para-hydroxylation sites is 2. The molecule has 0 bridgehead atoms. The fraction of sp³-hybridized carbons (Fsp3) is 0.487. The van der Waals surface area contributed by atoms with Gasteiger partial charge < -0.3 is 38.2 Å². The van der Waals surface area contributed by atoms with Gasteiger partial charge in [0.2, 0.25) is 11.7 Å². The highest BCUT2D eigenvalue weighted by atomic mass is 35.5. The average Bonchev–Trinajstić information content (AvgIpc) is 3.65. The predicted molar refractivity (Wildman–Crippen MR) is 203 cm³/mol. The Bertz CT molecular complexity index is 1810. The molecule has 2 fully saturated rings. The summed E-state index contributed by atoms with van der Waals surface area (Å²) < 4.78 is 24.8. The molecule has 6 rings (SSSR count). The van der Waals surface area contributed by atoms with Crippen LogP contribution in [0.15, 0.2) is 54.6 Å². The van der Waals surface area contributed by atoms with Crippen LogP contribution in [-0.4, -0.2) is 105 Å². The van der Waals surface area contributed by atoms with E-state index in [2.05, 4.69) is 52.5 Å². The maximum absolute atomic E-state index is 14.0. The number of methoxy groups -OCH3 is 3. The molecule has 0 saturated carbocycles. The largest absolute Gasteiger partial charge is 0.493 e. The number of benzene rings is 3. The molecule has 3 aromatic carbocycles. The van der Waals surface area contributed by atoms with Crippen LogP contribution in [0.5, 0.6) is 17.2 Å². The van der Waals surface area contributed by atoms with Crippen molar-refractivity contribution in [3.05, 3.63) is 75.8 Å². The number of anilines is 1. The van der Waals surface area contributed by atoms with Gasteiger partial charge >= 0.3 is 0 Å². The van der Waals surface area contributed by atoms with Crippen molar-refractivity contribution in [3.8, 4) is 17.2 Å². The molecule has 0 N–H and O–H groups in total. The van der Waals surface area contributed by atoms with Gasteiger partial charge in [-0.25, -0.2) is 4.98 Å². The molecule has 10 nitrogen and oxygen atoms in total. The number of rotatable bonds is 13. The van der Waals surface area contributed by atoms with E-state index in [9.17, 15) is 4.79 Å². The summed E-state index contributed by atoms with van der Waals surface area (Å²) in [7, 11) is 4.66. The van der Waals surface area contributed by atoms with E-state index >= 15 is 0 Å². The van der Waals surface area contributed by atoms with Crippen LogP contribution in [0, 0.1) is 0 Å². The van der Waals surface area contributed by atoms with Gasteiger partial charge in [-0.05, 0) is 88.2 Å². The molecule has 51 heavy (non-hydrogen) atoms. The Kier molecular flexibility index (Phi) is 11.9. The van der Waals surface area contributed by atoms with E-state index in [4.69, 9.17) is 47.1 Å². The Balaban J connectivity index is 1.19. The number of ether oxygens (including phenoxy) is 4. The quantitative estimate of drug-likeness (QED) is 0.143. The summed E-state index contributed by atoms with van der Waals surface area (Å²) >= 11 is 13.0. The Morgan fingerprint density at radius 1 is 0.882 bits per heavy atom. The molecular formula is C39H49Cl2N5O5. The zero-order chi connectivity index (χ0) is 36.1. The first-order valence-corrected chi connectivity index (χ1v) is 18.5. The summed E-state index contributed by atoms with van der Waals surface area (Å²) in [4.78, 5) is 26.0. The minimum absolute atomic E-state index is 0.0803. The summed E-state index contributed by atoms with van der Waals surface area (Å²) in [6.07, 6.45) is 2.89. The molecule has 274 valence electrons. The number of nitrogens with zero attached hydrogens (tertiary/aromatic N) is 5. The van der Waals surface area contributed by atoms with Crippen LogP contribution in [0.25, 0.3) is 11.0 Å². The van der Waals surface area contributed by atoms with Gasteiger partial charge in [-0.3, -0.25) is 4.79 Å². The number of halogens is 2. The third kappa shape index (κ3) is 8.04. The number of hydrogen-bond acceptors (Lipinski definition) is 8. The van der Waals surface area contributed by atoms with E-state index < -0.39 is 0 Å². The molecule has 1 amide bonds. The van der Waals surface area contributed by atoms with Crippen molar-refractivity contribution < 1.29 is 23.7 Å². The zero-order valence-corrected chi connectivity index (χ0v) is 31.8. The minimum atomic E-state index is -0.291. The van der Waals surface area contributed by atoms with Gasteiger partial charge in [-0.1, -0.05) is 41.4 Å². The molecular weight excluding hydrogens is 689 g/mol. The second-order valence-electron chi connectivity index (χ2n) is 13.7. The van der Waals surface area contributed by atoms with Crippen LogP contribution in [0.4, 0.5) is 5.95 Å². The fourth-order valence-electron chi connectivity index (χ4n) is 7.51. The van der Waals surface area contributed by atoms with Crippen LogP contribution in [0.2, 0.25) is 10.0 Å². The summed E-state index contributed by atoms with van der Waals surface area (Å²) in [5.41, 5.74) is 3.45. The van der Waals surface area contributed by atoms with E-state index in [0.29, 0.717) is 52.6 Å². The van der Waals surface area contributed by atoms with Gasteiger partial charge in [0.25, 0.3) is 5.91 Å². The molecule has 1 aromatic heterocycles. The lowest BCUT2D eigenvalue weighted by Crippen LogP contribution is -2.39. The molecule has 2 saturated heterocycles. The van der Waals surface area contributed by atoms with Crippen molar-refractivity contribution >= 4 is 46.1 Å². The normalized spacial score (nSPS) is 18.4. The Morgan fingerprint density at radius 3 is 2.35 bits per heavy atom. The Hall–Kier alpha value is -3.70. The number of amides is 1. The van der Waals surface area contributed by atoms with E-state index in [-0.39, 0.29) is 17.4 Å². The average molecular weight is 739 g/mol. The highest BCUT2D eigenvalue weighted by Crippen LogP contribution is 2.42. The molecule has 2 aliphatic rings. The SMILES string of the molecule is COc1cc(C(=O)N2CCC(CCN3CCCN(c4nc5ccccc5n4CCOC(C)C)CC3)(c3ccc(Cl)c(Cl)c3)C2)cc(OC)c1OC. The third-order valence-electron chi connectivity index (χ3n) is 10.3. The van der Waals surface area contributed by atoms with Crippen molar-refractivity contribution in [1.29, 1.82) is 0 Å². The van der Waals surface area contributed by atoms with Crippen LogP contribution in [0.1, 0.15) is 49.0 Å². The van der Waals surface area contributed by atoms with Crippen molar-refractivity contribution in [2.45, 2.75) is 51.2 Å². The molecule has 0 spiro atoms. The summed E-state index contributed by atoms with van der Waals surface area (Å²) in [5.74, 6) is 2.28. The smallest absolute Gasteiger partial charge is 0.254 e. The number of imidazole rings is 1. The summed E-state index contributed by atoms with van der Waals surface area (Å²) in [6.45, 7) is 11.3. The first-order valence-electron chi connectivity index (χ1n) is 17.8. The van der Waals surface area contributed by atoms with Crippen LogP contribution in [-0.2, 0) is 16.7 Å². The first-order chi connectivity index (χ1) is 24.7. The number of likely N-dealkylation sites (tertiary alicyclic amines) is 1. The van der Waals surface area contributed by atoms with Gasteiger partial charge in [0.1, 0.15) is 0 Å². The lowest BCUT2D eigenvalue weighted by atomic mass is 9.76. The number of fused-ring (bicyclic) bond motifs is 1. The van der Waals surface area contributed by atoms with Gasteiger partial charge in [-0.2, -0.15) is 0 Å². The molecule has 1 atom stereocenters. The molecule has 0 radical (unpaired) electrons. The van der Waals surface area contributed by atoms with Gasteiger partial charge in [0.05, 0.1) is 55.1 Å². The maximum atomic E-state index is 14.0. The van der Waals surface area contributed by atoms with Gasteiger partial charge in [0, 0.05) is 50.2 Å². The monoisotopic (exact) mass is 737 g/mol. The van der Waals surface area contributed by atoms with Crippen molar-refractivity contribution in [1.82, 2.24) is 19.4 Å². The maximum Gasteiger partial charge on any atom is 0.254 e. The highest BCUT2D eigenvalue weighted by molar-refractivity contribution is 6.42. The van der Waals surface area contributed by atoms with E-state index in [0.717, 1.165) is 81.1 Å². The predicted octanol–water partition coefficient (Wildman–Crippen LogP) is 7.18. The molecule has 3 heterocycles. The second-order valence-corrected chi connectivity index (χ2v) is 14.5. The zero-order valence-electron chi connectivity index (χ0n) is 30.3. The Labute approximate surface area is 311 Å². The number of aromatic nitrogens is 2. The third-order valence-corrected chi connectivity index (χ3v) is 11.0. The Morgan fingerprint density at radius 2 is 1.65 bits per heavy atom. The van der Waals surface area contributed by atoms with E-state index in [1.165, 1.54) is 0 Å². The van der Waals surface area contributed by atoms with E-state index in [1.54, 1.807) is 33.5 Å². The minimum Gasteiger partial charge on any atom is -0.493 e. The molecule has 4 aromatic rings. The number of hydrogen-bond donors (Lipinski definition) is 0. The molecule has 0 aliphatic carbocycles. The number of carbonyl (C=O) groups is 1. The van der Waals surface area contributed by atoms with Crippen molar-refractivity contribution in [3.63, 3.8) is 0 Å². The lowest BCUT2D eigenvalue weighted by Gasteiger charge is -2.33. The number of carbonyl (C=O) groups excluding carboxylic acids is 1. The van der Waals surface area contributed by atoms with Crippen LogP contribution < -0.4 is 19.1 Å². The molecule has 12 heteroatoms. The van der Waals surface area contributed by atoms with Crippen LogP contribution in [0.3, 0.4) is 0 Å². The summed E-state index contributed by atoms with van der Waals surface area (Å²) in [6, 6.07) is 17.7. The highest BCUT2D eigenvalue weighted by Gasteiger charge is 2.42. The van der Waals surface area contributed by atoms with E-state index in [1.807, 2.05) is 23.1 Å². The standard InChI is InChI=1S/C39H49Cl2N5O5/c1-27(2)51-22-21-46-33-10-7-6-9-32(33)42-38(46)44-16-8-15-43(19-20-44)17-13-39(29-11-12-30(40)31(41)25-29)14-18-45(26-39)37(47)28-23-34(48-3)36(50-5)35(24-28)49-4/h6-7,9-12,23-25,27H,8,13-22,26H2,1-5H3. The van der Waals surface area contributed by atoms with Crippen LogP contribution >= 0.6 is 23.2 Å². The van der Waals surface area contributed by atoms with Crippen molar-refractivity contribution in [2.75, 3.05) is 78.6 Å². The molecule has 2 aliphatic heterocycles. The molecule has 1 unspecified atom stereocenters. The fourth-order valence-corrected chi connectivity index (χ4v) is 7.81. The summed E-state index contributed by atoms with van der Waals surface area (Å²) in [5, 5.41) is 1.04.